The predicted molar refractivity (Wildman–Crippen MR) is 87.2 cm³/mol. The van der Waals surface area contributed by atoms with Crippen LogP contribution in [0.1, 0.15) is 5.56 Å². The molecule has 1 aliphatic heterocycles. The van der Waals surface area contributed by atoms with Crippen molar-refractivity contribution in [2.75, 3.05) is 11.6 Å². The molecule has 0 fully saturated rings. The molecule has 0 N–H and O–H groups in total. The van der Waals surface area contributed by atoms with Crippen molar-refractivity contribution in [3.05, 3.63) is 65.2 Å². The van der Waals surface area contributed by atoms with Crippen LogP contribution in [-0.2, 0) is 6.54 Å². The van der Waals surface area contributed by atoms with Gasteiger partial charge in [-0.25, -0.2) is 0 Å². The van der Waals surface area contributed by atoms with Gasteiger partial charge in [-0.2, -0.15) is 0 Å². The minimum atomic E-state index is 0.556. The van der Waals surface area contributed by atoms with E-state index in [0.717, 1.165) is 33.7 Å². The summed E-state index contributed by atoms with van der Waals surface area (Å²) in [4.78, 5) is 2.20. The first-order valence-electron chi connectivity index (χ1n) is 6.91. The second kappa shape index (κ2) is 5.46. The van der Waals surface area contributed by atoms with Gasteiger partial charge in [0.05, 0.1) is 0 Å². The fraction of sp³-hybridized carbons (Fsp3) is 0.125. The molecule has 0 unspecified atom stereocenters. The topological polar surface area (TPSA) is 43.2 Å². The summed E-state index contributed by atoms with van der Waals surface area (Å²) < 4.78 is 8.83. The van der Waals surface area contributed by atoms with E-state index in [2.05, 4.69) is 49.2 Å². The summed E-state index contributed by atoms with van der Waals surface area (Å²) in [5.74, 6) is 0.935. The summed E-state index contributed by atoms with van der Waals surface area (Å²) in [7, 11) is 0. The number of anilines is 1. The van der Waals surface area contributed by atoms with Gasteiger partial charge < -0.3 is 9.64 Å². The minimum absolute atomic E-state index is 0.556. The molecule has 0 amide bonds. The van der Waals surface area contributed by atoms with E-state index < -0.39 is 0 Å². The van der Waals surface area contributed by atoms with Crippen molar-refractivity contribution < 1.29 is 4.74 Å². The Bertz CT molecular complexity index is 786. The summed E-state index contributed by atoms with van der Waals surface area (Å²) in [6.07, 6.45) is 3.38. The number of rotatable bonds is 2. The molecule has 1 aromatic heterocycles. The van der Waals surface area contributed by atoms with E-state index in [1.54, 1.807) is 12.7 Å². The van der Waals surface area contributed by atoms with Gasteiger partial charge in [0.25, 0.3) is 0 Å². The average molecular weight is 357 g/mol. The molecule has 0 radical (unpaired) electrons. The summed E-state index contributed by atoms with van der Waals surface area (Å²) in [6, 6.07) is 14.4. The maximum absolute atomic E-state index is 5.87. The number of ether oxygens (including phenoxy) is 1. The Hall–Kier alpha value is -2.34. The largest absolute Gasteiger partial charge is 0.473 e. The smallest absolute Gasteiger partial charge is 0.161 e. The lowest BCUT2D eigenvalue weighted by Crippen LogP contribution is -2.31. The molecule has 1 aliphatic rings. The zero-order valence-corrected chi connectivity index (χ0v) is 13.3. The summed E-state index contributed by atoms with van der Waals surface area (Å²) in [5, 5.41) is 7.70. The highest BCUT2D eigenvalue weighted by atomic mass is 79.9. The molecule has 0 atom stereocenters. The Morgan fingerprint density at radius 1 is 0.955 bits per heavy atom. The second-order valence-electron chi connectivity index (χ2n) is 5.11. The first-order chi connectivity index (χ1) is 10.8. The third kappa shape index (κ3) is 2.46. The lowest BCUT2D eigenvalue weighted by Gasteiger charge is -2.31. The minimum Gasteiger partial charge on any atom is -0.473 e. The van der Waals surface area contributed by atoms with E-state index in [1.807, 2.05) is 28.8 Å². The van der Waals surface area contributed by atoms with E-state index >= 15 is 0 Å². The van der Waals surface area contributed by atoms with Crippen molar-refractivity contribution in [2.24, 2.45) is 0 Å². The summed E-state index contributed by atoms with van der Waals surface area (Å²) in [5.41, 5.74) is 3.33. The zero-order chi connectivity index (χ0) is 14.9. The molecule has 0 aliphatic carbocycles. The molecule has 2 heterocycles. The van der Waals surface area contributed by atoms with Crippen molar-refractivity contribution in [1.29, 1.82) is 0 Å². The SMILES string of the molecule is Brc1ccc(N2COc3ccc(-n4cnnc4)cc3C2)cc1. The molecule has 2 aromatic carbocycles. The van der Waals surface area contributed by atoms with E-state index in [-0.39, 0.29) is 0 Å². The molecular weight excluding hydrogens is 344 g/mol. The second-order valence-corrected chi connectivity index (χ2v) is 6.02. The van der Waals surface area contributed by atoms with Gasteiger partial charge >= 0.3 is 0 Å². The Morgan fingerprint density at radius 2 is 1.68 bits per heavy atom. The summed E-state index contributed by atoms with van der Waals surface area (Å²) in [6.45, 7) is 1.37. The maximum atomic E-state index is 5.87. The lowest BCUT2D eigenvalue weighted by molar-refractivity contribution is 0.289. The van der Waals surface area contributed by atoms with Gasteiger partial charge in [0.2, 0.25) is 0 Å². The Balaban J connectivity index is 1.64. The third-order valence-electron chi connectivity index (χ3n) is 3.69. The van der Waals surface area contributed by atoms with Crippen LogP contribution in [0.5, 0.6) is 5.75 Å². The number of hydrogen-bond donors (Lipinski definition) is 0. The van der Waals surface area contributed by atoms with Gasteiger partial charge in [-0.05, 0) is 42.5 Å². The number of hydrogen-bond acceptors (Lipinski definition) is 4. The van der Waals surface area contributed by atoms with Crippen LogP contribution in [0.2, 0.25) is 0 Å². The molecule has 6 heteroatoms. The van der Waals surface area contributed by atoms with Crippen molar-refractivity contribution in [1.82, 2.24) is 14.8 Å². The van der Waals surface area contributed by atoms with E-state index in [0.29, 0.717) is 6.73 Å². The molecule has 0 bridgehead atoms. The van der Waals surface area contributed by atoms with Crippen molar-refractivity contribution >= 4 is 21.6 Å². The molecule has 4 rings (SSSR count). The fourth-order valence-corrected chi connectivity index (χ4v) is 2.81. The highest BCUT2D eigenvalue weighted by Crippen LogP contribution is 2.30. The Labute approximate surface area is 136 Å². The van der Waals surface area contributed by atoms with Crippen LogP contribution < -0.4 is 9.64 Å². The van der Waals surface area contributed by atoms with Crippen LogP contribution in [0.15, 0.2) is 59.6 Å². The molecule has 110 valence electrons. The van der Waals surface area contributed by atoms with Crippen LogP contribution in [0.3, 0.4) is 0 Å². The van der Waals surface area contributed by atoms with Gasteiger partial charge in [0.15, 0.2) is 6.73 Å². The fourth-order valence-electron chi connectivity index (χ4n) is 2.54. The van der Waals surface area contributed by atoms with E-state index in [1.165, 1.54) is 0 Å². The normalized spacial score (nSPS) is 13.6. The van der Waals surface area contributed by atoms with Gasteiger partial charge in [-0.3, -0.25) is 4.57 Å². The average Bonchev–Trinajstić information content (AvgIpc) is 3.09. The zero-order valence-electron chi connectivity index (χ0n) is 11.7. The van der Waals surface area contributed by atoms with Crippen molar-refractivity contribution in [3.8, 4) is 11.4 Å². The van der Waals surface area contributed by atoms with Crippen LogP contribution in [0.25, 0.3) is 5.69 Å². The van der Waals surface area contributed by atoms with E-state index in [4.69, 9.17) is 4.74 Å². The van der Waals surface area contributed by atoms with Crippen molar-refractivity contribution in [2.45, 2.75) is 6.54 Å². The third-order valence-corrected chi connectivity index (χ3v) is 4.22. The quantitative estimate of drug-likeness (QED) is 0.705. The number of halogens is 1. The lowest BCUT2D eigenvalue weighted by atomic mass is 10.1. The Kier molecular flexibility index (Phi) is 3.31. The molecule has 0 spiro atoms. The molecule has 0 saturated heterocycles. The van der Waals surface area contributed by atoms with Crippen molar-refractivity contribution in [3.63, 3.8) is 0 Å². The van der Waals surface area contributed by atoms with Crippen LogP contribution >= 0.6 is 15.9 Å². The molecule has 3 aromatic rings. The first-order valence-corrected chi connectivity index (χ1v) is 7.70. The van der Waals surface area contributed by atoms with Crippen LogP contribution in [-0.4, -0.2) is 21.5 Å². The number of nitrogens with zero attached hydrogens (tertiary/aromatic N) is 4. The van der Waals surface area contributed by atoms with Gasteiger partial charge in [-0.1, -0.05) is 15.9 Å². The highest BCUT2D eigenvalue weighted by molar-refractivity contribution is 9.10. The number of fused-ring (bicyclic) bond motifs is 1. The van der Waals surface area contributed by atoms with Gasteiger partial charge in [0, 0.05) is 28.0 Å². The highest BCUT2D eigenvalue weighted by Gasteiger charge is 2.18. The number of aromatic nitrogens is 3. The van der Waals surface area contributed by atoms with Crippen LogP contribution in [0.4, 0.5) is 5.69 Å². The maximum Gasteiger partial charge on any atom is 0.161 e. The first kappa shape index (κ1) is 13.3. The predicted octanol–water partition coefficient (Wildman–Crippen LogP) is 3.39. The molecule has 22 heavy (non-hydrogen) atoms. The molecule has 5 nitrogen and oxygen atoms in total. The Morgan fingerprint density at radius 3 is 2.45 bits per heavy atom. The summed E-state index contributed by atoms with van der Waals surface area (Å²) >= 11 is 3.46. The van der Waals surface area contributed by atoms with Gasteiger partial charge in [-0.15, -0.1) is 10.2 Å². The van der Waals surface area contributed by atoms with Crippen LogP contribution in [0, 0.1) is 0 Å². The standard InChI is InChI=1S/C16H13BrN4O/c17-13-1-3-14(4-2-13)20-8-12-7-15(21-9-18-19-10-21)5-6-16(12)22-11-20/h1-7,9-10H,8,11H2. The molecule has 0 saturated carbocycles. The monoisotopic (exact) mass is 356 g/mol. The molecular formula is C16H13BrN4O. The van der Waals surface area contributed by atoms with Gasteiger partial charge in [0.1, 0.15) is 18.4 Å². The number of benzene rings is 2. The van der Waals surface area contributed by atoms with E-state index in [9.17, 15) is 0 Å².